The highest BCUT2D eigenvalue weighted by Gasteiger charge is 2.15. The third-order valence-corrected chi connectivity index (χ3v) is 6.51. The van der Waals surface area contributed by atoms with Gasteiger partial charge in [-0.2, -0.15) is 5.10 Å². The molecule has 0 aliphatic carbocycles. The summed E-state index contributed by atoms with van der Waals surface area (Å²) >= 11 is 0. The minimum atomic E-state index is -0.328. The molecule has 8 nitrogen and oxygen atoms in total. The highest BCUT2D eigenvalue weighted by molar-refractivity contribution is 6.07. The fraction of sp³-hybridized carbons (Fsp3) is 0.121. The topological polar surface area (TPSA) is 91.3 Å². The number of fused-ring (bicyclic) bond motifs is 2. The van der Waals surface area contributed by atoms with Gasteiger partial charge in [-0.3, -0.25) is 4.79 Å². The molecule has 0 radical (unpaired) electrons. The van der Waals surface area contributed by atoms with E-state index in [4.69, 9.17) is 23.9 Å². The molecule has 1 N–H and O–H groups in total. The molecule has 1 aliphatic heterocycles. The van der Waals surface area contributed by atoms with E-state index in [-0.39, 0.29) is 12.7 Å². The number of carbonyl (C=O) groups excluding carboxylic acids is 1. The van der Waals surface area contributed by atoms with Gasteiger partial charge in [0.05, 0.1) is 29.6 Å². The molecule has 0 unspecified atom stereocenters. The quantitative estimate of drug-likeness (QED) is 0.171. The van der Waals surface area contributed by atoms with Gasteiger partial charge in [0.15, 0.2) is 23.0 Å². The molecular weight excluding hydrogens is 518 g/mol. The Kier molecular flexibility index (Phi) is 7.44. The van der Waals surface area contributed by atoms with Gasteiger partial charge in [0.2, 0.25) is 6.79 Å². The van der Waals surface area contributed by atoms with Gasteiger partial charge >= 0.3 is 0 Å². The number of rotatable bonds is 9. The second-order valence-electron chi connectivity index (χ2n) is 9.25. The molecule has 0 atom stereocenters. The number of benzene rings is 4. The first-order valence-corrected chi connectivity index (χ1v) is 13.2. The lowest BCUT2D eigenvalue weighted by atomic mass is 10.0. The fourth-order valence-electron chi connectivity index (χ4n) is 4.53. The largest absolute Gasteiger partial charge is 0.490 e. The third-order valence-electron chi connectivity index (χ3n) is 6.51. The molecule has 4 aromatic carbocycles. The maximum Gasteiger partial charge on any atom is 0.272 e. The number of amides is 1. The van der Waals surface area contributed by atoms with Crippen molar-refractivity contribution in [1.82, 2.24) is 10.4 Å². The smallest absolute Gasteiger partial charge is 0.272 e. The zero-order valence-electron chi connectivity index (χ0n) is 22.4. The number of carbonyl (C=O) groups is 1. The molecule has 2 heterocycles. The number of aromatic nitrogens is 1. The fourth-order valence-corrected chi connectivity index (χ4v) is 4.53. The summed E-state index contributed by atoms with van der Waals surface area (Å²) in [5.41, 5.74) is 7.23. The summed E-state index contributed by atoms with van der Waals surface area (Å²) in [7, 11) is 0. The molecule has 6 rings (SSSR count). The van der Waals surface area contributed by atoms with Crippen LogP contribution in [0.1, 0.15) is 28.4 Å². The van der Waals surface area contributed by atoms with E-state index in [9.17, 15) is 4.79 Å². The van der Waals surface area contributed by atoms with Crippen LogP contribution in [0.25, 0.3) is 22.2 Å². The van der Waals surface area contributed by atoms with Crippen molar-refractivity contribution in [1.29, 1.82) is 0 Å². The highest BCUT2D eigenvalue weighted by Crippen LogP contribution is 2.34. The Morgan fingerprint density at radius 1 is 0.902 bits per heavy atom. The Balaban J connectivity index is 1.17. The number of ether oxygens (including phenoxy) is 4. The van der Waals surface area contributed by atoms with Crippen molar-refractivity contribution in [2.24, 2.45) is 5.10 Å². The number of nitrogens with zero attached hydrogens (tertiary/aromatic N) is 2. The van der Waals surface area contributed by atoms with E-state index >= 15 is 0 Å². The summed E-state index contributed by atoms with van der Waals surface area (Å²) in [6.07, 6.45) is 1.57. The van der Waals surface area contributed by atoms with Gasteiger partial charge in [-0.1, -0.05) is 54.6 Å². The Labute approximate surface area is 237 Å². The second-order valence-corrected chi connectivity index (χ2v) is 9.25. The van der Waals surface area contributed by atoms with Gasteiger partial charge in [0, 0.05) is 10.9 Å². The van der Waals surface area contributed by atoms with Crippen LogP contribution in [0.15, 0.2) is 102 Å². The van der Waals surface area contributed by atoms with Gasteiger partial charge in [-0.15, -0.1) is 0 Å². The molecule has 41 heavy (non-hydrogen) atoms. The molecule has 8 heteroatoms. The molecule has 1 aliphatic rings. The predicted molar refractivity (Wildman–Crippen MR) is 157 cm³/mol. The SMILES string of the molecule is CCOc1cc(/C=N/NC(=O)c2cc(-c3ccccc3)nc3ccccc23)ccc1OCc1ccc2c(c1)OCO2. The molecule has 0 bridgehead atoms. The Hall–Kier alpha value is -5.37. The number of hydrazone groups is 1. The minimum Gasteiger partial charge on any atom is -0.490 e. The van der Waals surface area contributed by atoms with Crippen LogP contribution in [0.3, 0.4) is 0 Å². The van der Waals surface area contributed by atoms with Gasteiger partial charge < -0.3 is 18.9 Å². The maximum absolute atomic E-state index is 13.2. The molecule has 0 saturated heterocycles. The number of nitrogens with one attached hydrogen (secondary N) is 1. The first-order valence-electron chi connectivity index (χ1n) is 13.2. The van der Waals surface area contributed by atoms with Crippen molar-refractivity contribution in [2.75, 3.05) is 13.4 Å². The lowest BCUT2D eigenvalue weighted by Crippen LogP contribution is -2.18. The predicted octanol–water partition coefficient (Wildman–Crippen LogP) is 6.37. The average molecular weight is 546 g/mol. The molecule has 5 aromatic rings. The van der Waals surface area contributed by atoms with Crippen LogP contribution in [-0.2, 0) is 6.61 Å². The number of hydrogen-bond acceptors (Lipinski definition) is 7. The third kappa shape index (κ3) is 5.81. The van der Waals surface area contributed by atoms with Crippen molar-refractivity contribution in [3.63, 3.8) is 0 Å². The molecule has 0 spiro atoms. The molecule has 204 valence electrons. The summed E-state index contributed by atoms with van der Waals surface area (Å²) < 4.78 is 22.7. The van der Waals surface area contributed by atoms with Gasteiger partial charge in [0.25, 0.3) is 5.91 Å². The first-order chi connectivity index (χ1) is 20.2. The van der Waals surface area contributed by atoms with Crippen LogP contribution >= 0.6 is 0 Å². The number of pyridine rings is 1. The lowest BCUT2D eigenvalue weighted by Gasteiger charge is -2.13. The van der Waals surface area contributed by atoms with Crippen LogP contribution in [0.5, 0.6) is 23.0 Å². The molecular formula is C33H27N3O5. The second kappa shape index (κ2) is 11.8. The van der Waals surface area contributed by atoms with E-state index in [1.54, 1.807) is 12.3 Å². The molecule has 0 saturated carbocycles. The number of para-hydroxylation sites is 1. The molecule has 0 fully saturated rings. The highest BCUT2D eigenvalue weighted by atomic mass is 16.7. The van der Waals surface area contributed by atoms with Crippen LogP contribution in [0.4, 0.5) is 0 Å². The standard InChI is InChI=1S/C33H27N3O5/c1-2-38-31-16-22(12-14-29(31)39-20-23-13-15-30-32(17-23)41-21-40-30)19-34-36-33(37)26-18-28(24-8-4-3-5-9-24)35-27-11-7-6-10-25(26)27/h3-19H,2,20-21H2,1H3,(H,36,37)/b34-19+. The monoisotopic (exact) mass is 545 g/mol. The zero-order valence-corrected chi connectivity index (χ0v) is 22.4. The average Bonchev–Trinajstić information content (AvgIpc) is 3.49. The van der Waals surface area contributed by atoms with E-state index in [0.717, 1.165) is 39.0 Å². The van der Waals surface area contributed by atoms with Crippen molar-refractivity contribution < 1.29 is 23.7 Å². The summed E-state index contributed by atoms with van der Waals surface area (Å²) in [6, 6.07) is 30.3. The Morgan fingerprint density at radius 2 is 1.73 bits per heavy atom. The van der Waals surface area contributed by atoms with Crippen LogP contribution < -0.4 is 24.4 Å². The molecule has 1 aromatic heterocycles. The van der Waals surface area contributed by atoms with Gasteiger partial charge in [0.1, 0.15) is 6.61 Å². The van der Waals surface area contributed by atoms with Gasteiger partial charge in [-0.25, -0.2) is 10.4 Å². The first kappa shape index (κ1) is 25.9. The Bertz CT molecular complexity index is 1740. The van der Waals surface area contributed by atoms with Crippen LogP contribution in [0, 0.1) is 0 Å². The summed E-state index contributed by atoms with van der Waals surface area (Å²) in [5.74, 6) is 2.29. The van der Waals surface area contributed by atoms with Crippen molar-refractivity contribution in [3.8, 4) is 34.3 Å². The van der Waals surface area contributed by atoms with Crippen LogP contribution in [-0.4, -0.2) is 30.5 Å². The van der Waals surface area contributed by atoms with Crippen molar-refractivity contribution in [2.45, 2.75) is 13.5 Å². The summed E-state index contributed by atoms with van der Waals surface area (Å²) in [4.78, 5) is 18.0. The summed E-state index contributed by atoms with van der Waals surface area (Å²) in [5, 5.41) is 4.97. The van der Waals surface area contributed by atoms with Gasteiger partial charge in [-0.05, 0) is 60.5 Å². The van der Waals surface area contributed by atoms with E-state index in [1.807, 2.05) is 97.9 Å². The normalized spacial score (nSPS) is 12.0. The van der Waals surface area contributed by atoms with E-state index in [1.165, 1.54) is 0 Å². The van der Waals surface area contributed by atoms with Crippen LogP contribution in [0.2, 0.25) is 0 Å². The lowest BCUT2D eigenvalue weighted by molar-refractivity contribution is 0.0956. The van der Waals surface area contributed by atoms with E-state index in [0.29, 0.717) is 36.0 Å². The zero-order chi connectivity index (χ0) is 28.0. The molecule has 1 amide bonds. The Morgan fingerprint density at radius 3 is 2.61 bits per heavy atom. The van der Waals surface area contributed by atoms with Crippen molar-refractivity contribution in [3.05, 3.63) is 114 Å². The van der Waals surface area contributed by atoms with Crippen molar-refractivity contribution >= 4 is 23.0 Å². The maximum atomic E-state index is 13.2. The van der Waals surface area contributed by atoms with E-state index in [2.05, 4.69) is 10.5 Å². The summed E-state index contributed by atoms with van der Waals surface area (Å²) in [6.45, 7) is 2.94. The minimum absolute atomic E-state index is 0.228. The number of hydrogen-bond donors (Lipinski definition) is 1. The van der Waals surface area contributed by atoms with E-state index < -0.39 is 0 Å².